The van der Waals surface area contributed by atoms with Gasteiger partial charge in [0.15, 0.2) is 36.4 Å². The van der Waals surface area contributed by atoms with Crippen LogP contribution in [0.1, 0.15) is 113 Å². The number of Topliss-reactive ketones (excluding diaryl/α,β-unsaturated/α-hetero) is 1. The summed E-state index contributed by atoms with van der Waals surface area (Å²) in [5.74, 6) is -2.33. The molecule has 4 aliphatic heterocycles. The molecule has 2 unspecified atom stereocenters. The van der Waals surface area contributed by atoms with E-state index in [9.17, 15) is 81.1 Å². The summed E-state index contributed by atoms with van der Waals surface area (Å²) < 4.78 is 42.7. The van der Waals surface area contributed by atoms with Gasteiger partial charge >= 0.3 is 5.97 Å². The van der Waals surface area contributed by atoms with E-state index in [2.05, 4.69) is 40.7 Å². The largest absolute Gasteiger partial charge is 0.479 e. The second-order valence-electron chi connectivity index (χ2n) is 26.1. The number of carboxylic acid groups (broad SMARTS) is 1. The molecule has 0 radical (unpaired) electrons. The SMILES string of the molecule is C[C@@H]1O[C@@H](O[C@@H]2[C@@H](O)[C@@H](O)[C@@H](CO)O[C@H]2[C@]2(O)[C@H](O)[C@@H](C(=O)O)O[C@@H](O[C@H]3CC[C@]4(C)[C@H]5CC=C6[C@@H]7CC(C)(C)CC[C@]7(O)C(=O)C[C@@]6(C)[C@]5(C)CC[C@H]4C3(C)C)[C@@H]2OC2O[C@H](CO)[C@@H](O)[C@H](O)C2O)[C@H](O)[C@H](O)[C@H]1O. The van der Waals surface area contributed by atoms with Crippen LogP contribution in [0.4, 0.5) is 0 Å². The van der Waals surface area contributed by atoms with Gasteiger partial charge in [-0.25, -0.2) is 4.79 Å². The fraction of sp³-hybridized carbons (Fsp3) is 0.925. The highest BCUT2D eigenvalue weighted by Gasteiger charge is 2.72. The summed E-state index contributed by atoms with van der Waals surface area (Å²) in [5, 5.41) is 157. The molecule has 0 amide bonds. The van der Waals surface area contributed by atoms with Gasteiger partial charge in [-0.2, -0.15) is 0 Å². The molecule has 4 saturated carbocycles. The number of carbonyl (C=O) groups excluding carboxylic acids is 1. The third kappa shape index (κ3) is 8.83. The number of ketones is 1. The molecule has 23 nitrogen and oxygen atoms in total. The zero-order valence-corrected chi connectivity index (χ0v) is 44.6. The van der Waals surface area contributed by atoms with Gasteiger partial charge in [-0.05, 0) is 91.8 Å². The third-order valence-corrected chi connectivity index (χ3v) is 21.2. The number of allylic oxidation sites excluding steroid dienone is 1. The fourth-order valence-electron chi connectivity index (χ4n) is 16.4. The van der Waals surface area contributed by atoms with Crippen LogP contribution in [0.25, 0.3) is 0 Å². The predicted molar refractivity (Wildman–Crippen MR) is 258 cm³/mol. The Bertz CT molecular complexity index is 2190. The Kier molecular flexibility index (Phi) is 15.6. The Morgan fingerprint density at radius 3 is 1.91 bits per heavy atom. The quantitative estimate of drug-likeness (QED) is 0.0821. The Morgan fingerprint density at radius 1 is 0.671 bits per heavy atom. The lowest BCUT2D eigenvalue weighted by molar-refractivity contribution is -0.420. The predicted octanol–water partition coefficient (Wildman–Crippen LogP) is -2.12. The molecule has 0 bridgehead atoms. The van der Waals surface area contributed by atoms with E-state index in [-0.39, 0.29) is 47.2 Å². The van der Waals surface area contributed by atoms with Crippen molar-refractivity contribution in [1.82, 2.24) is 0 Å². The van der Waals surface area contributed by atoms with E-state index in [4.69, 9.17) is 33.2 Å². The molecule has 8 fully saturated rings. The fourth-order valence-corrected chi connectivity index (χ4v) is 16.4. The normalized spacial score (nSPS) is 55.0. The first-order chi connectivity index (χ1) is 35.3. The van der Waals surface area contributed by atoms with E-state index in [1.165, 1.54) is 6.92 Å². The smallest absolute Gasteiger partial charge is 0.335 e. The number of ether oxygens (including phenoxy) is 7. The number of carbonyl (C=O) groups is 2. The van der Waals surface area contributed by atoms with Crippen LogP contribution in [0.5, 0.6) is 0 Å². The van der Waals surface area contributed by atoms with Gasteiger partial charge < -0.3 is 105 Å². The van der Waals surface area contributed by atoms with Gasteiger partial charge in [0.1, 0.15) is 91.1 Å². The van der Waals surface area contributed by atoms with Gasteiger partial charge in [0.25, 0.3) is 0 Å². The zero-order valence-electron chi connectivity index (χ0n) is 44.6. The number of rotatable bonds is 10. The van der Waals surface area contributed by atoms with Crippen LogP contribution in [0.3, 0.4) is 0 Å². The summed E-state index contributed by atoms with van der Waals surface area (Å²) in [6.45, 7) is 14.4. The highest BCUT2D eigenvalue weighted by Crippen LogP contribution is 2.74. The maximum atomic E-state index is 14.3. The molecule has 9 rings (SSSR count). The van der Waals surface area contributed by atoms with Crippen molar-refractivity contribution in [2.45, 2.75) is 247 Å². The number of hydrogen-bond acceptors (Lipinski definition) is 22. The first-order valence-electron chi connectivity index (χ1n) is 27.1. The Balaban J connectivity index is 1.09. The van der Waals surface area contributed by atoms with E-state index in [1.807, 2.05) is 13.8 Å². The van der Waals surface area contributed by atoms with Crippen molar-refractivity contribution in [3.05, 3.63) is 11.6 Å². The molecular weight excluding hydrogens is 1000 g/mol. The molecule has 0 aromatic heterocycles. The van der Waals surface area contributed by atoms with Gasteiger partial charge in [0, 0.05) is 17.8 Å². The van der Waals surface area contributed by atoms with E-state index >= 15 is 0 Å². The molecule has 434 valence electrons. The van der Waals surface area contributed by atoms with Crippen LogP contribution in [0.2, 0.25) is 0 Å². The van der Waals surface area contributed by atoms with Crippen LogP contribution in [-0.4, -0.2) is 230 Å². The molecule has 76 heavy (non-hydrogen) atoms. The van der Waals surface area contributed by atoms with Gasteiger partial charge in [-0.15, -0.1) is 0 Å². The second kappa shape index (κ2) is 20.2. The van der Waals surface area contributed by atoms with Crippen molar-refractivity contribution >= 4 is 11.8 Å². The molecule has 0 spiro atoms. The van der Waals surface area contributed by atoms with Crippen LogP contribution >= 0.6 is 0 Å². The van der Waals surface area contributed by atoms with Crippen molar-refractivity contribution in [2.24, 2.45) is 44.8 Å². The molecule has 4 saturated heterocycles. The minimum atomic E-state index is -3.36. The number of aliphatic hydroxyl groups is 13. The van der Waals surface area contributed by atoms with Gasteiger partial charge in [-0.3, -0.25) is 4.79 Å². The van der Waals surface area contributed by atoms with Crippen molar-refractivity contribution in [2.75, 3.05) is 13.2 Å². The van der Waals surface area contributed by atoms with E-state index < -0.39 is 169 Å². The summed E-state index contributed by atoms with van der Waals surface area (Å²) in [5.41, 5.74) is -5.81. The highest BCUT2D eigenvalue weighted by molar-refractivity contribution is 5.91. The lowest BCUT2D eigenvalue weighted by Crippen LogP contribution is -2.79. The summed E-state index contributed by atoms with van der Waals surface area (Å²) >= 11 is 0. The third-order valence-electron chi connectivity index (χ3n) is 21.2. The van der Waals surface area contributed by atoms with E-state index in [0.29, 0.717) is 38.5 Å². The average Bonchev–Trinajstić information content (AvgIpc) is 3.53. The Morgan fingerprint density at radius 2 is 1.28 bits per heavy atom. The monoisotopic (exact) mass is 1090 g/mol. The maximum Gasteiger partial charge on any atom is 0.335 e. The van der Waals surface area contributed by atoms with Crippen molar-refractivity contribution in [3.63, 3.8) is 0 Å². The van der Waals surface area contributed by atoms with Gasteiger partial charge in [0.2, 0.25) is 0 Å². The van der Waals surface area contributed by atoms with Gasteiger partial charge in [0.05, 0.1) is 25.4 Å². The van der Waals surface area contributed by atoms with Crippen LogP contribution < -0.4 is 0 Å². The molecule has 14 N–H and O–H groups in total. The molecule has 4 heterocycles. The zero-order chi connectivity index (χ0) is 55.9. The summed E-state index contributed by atoms with van der Waals surface area (Å²) in [7, 11) is 0. The number of aliphatic carboxylic acids is 1. The van der Waals surface area contributed by atoms with Crippen molar-refractivity contribution in [1.29, 1.82) is 0 Å². The maximum absolute atomic E-state index is 14.3. The average molecular weight is 1090 g/mol. The molecule has 23 heteroatoms. The lowest BCUT2D eigenvalue weighted by atomic mass is 9.34. The summed E-state index contributed by atoms with van der Waals surface area (Å²) in [6.07, 6.45) is -32.6. The Hall–Kier alpha value is -1.92. The Labute approximate surface area is 441 Å². The summed E-state index contributed by atoms with van der Waals surface area (Å²) in [4.78, 5) is 27.6. The van der Waals surface area contributed by atoms with Crippen LogP contribution in [0, 0.1) is 44.8 Å². The molecule has 5 aliphatic carbocycles. The summed E-state index contributed by atoms with van der Waals surface area (Å²) in [6, 6.07) is 0. The lowest BCUT2D eigenvalue weighted by Gasteiger charge is -2.71. The first-order valence-corrected chi connectivity index (χ1v) is 27.1. The molecule has 0 aromatic rings. The number of carboxylic acids is 1. The minimum Gasteiger partial charge on any atom is -0.479 e. The van der Waals surface area contributed by atoms with E-state index in [0.717, 1.165) is 12.0 Å². The van der Waals surface area contributed by atoms with Crippen LogP contribution in [0.15, 0.2) is 11.6 Å². The minimum absolute atomic E-state index is 0.0498. The second-order valence-corrected chi connectivity index (χ2v) is 26.1. The molecule has 9 aliphatic rings. The number of fused-ring (bicyclic) bond motifs is 7. The number of hydrogen-bond donors (Lipinski definition) is 14. The van der Waals surface area contributed by atoms with Crippen molar-refractivity contribution in [3.8, 4) is 0 Å². The standard InChI is InChI=1S/C53H84O23/c1-21-30(57)33(60)36(63)44(70-21)74-38-35(62)32(59)24(19-54)71-41(38)53(69)40(65)39(43(66)67)75-46(42(53)76-45-37(64)34(61)31(58)25(20-55)72-45)73-29-12-13-49(6)26(48(29,4)5)11-14-50(7)27(49)10-9-22-23-17-47(2,3)15-16-52(23,68)28(56)18-51(22,50)8/h9,21,23-27,29-42,44-46,54-55,57-65,68-69H,10-20H2,1-8H3,(H,66,67)/t21-,23-,24+,25+,26-,27+,29-,30-,31+,32-,33+,34-,35-,36+,37?,38+,39-,40+,41+,42-,44-,45?,46+,49-,50+,51+,52+,53+/m0/s1. The highest BCUT2D eigenvalue weighted by atomic mass is 16.8. The first kappa shape index (κ1) is 58.7. The van der Waals surface area contributed by atoms with E-state index in [1.54, 1.807) is 0 Å². The molecular formula is C53H84O23. The molecule has 0 aromatic carbocycles. The molecule has 28 atom stereocenters. The van der Waals surface area contributed by atoms with Crippen molar-refractivity contribution < 1.29 is 114 Å². The number of aliphatic hydroxyl groups excluding tert-OH is 11. The van der Waals surface area contributed by atoms with Gasteiger partial charge in [-0.1, -0.05) is 60.1 Å². The van der Waals surface area contributed by atoms with Crippen LogP contribution in [-0.2, 0) is 42.7 Å². The topological polar surface area (TPSA) is 382 Å².